The van der Waals surface area contributed by atoms with E-state index in [1.54, 1.807) is 6.20 Å². The number of ether oxygens (including phenoxy) is 1. The van der Waals surface area contributed by atoms with Gasteiger partial charge in [-0.3, -0.25) is 9.48 Å². The minimum absolute atomic E-state index is 0.0957. The van der Waals surface area contributed by atoms with Crippen molar-refractivity contribution in [3.8, 4) is 11.5 Å². The summed E-state index contributed by atoms with van der Waals surface area (Å²) in [5, 5.41) is 7.36. The lowest BCUT2D eigenvalue weighted by molar-refractivity contribution is -0.116. The fourth-order valence-electron chi connectivity index (χ4n) is 3.16. The van der Waals surface area contributed by atoms with Gasteiger partial charge in [0, 0.05) is 17.3 Å². The zero-order valence-electron chi connectivity index (χ0n) is 15.1. The third kappa shape index (κ3) is 2.86. The van der Waals surface area contributed by atoms with Gasteiger partial charge >= 0.3 is 0 Å². The summed E-state index contributed by atoms with van der Waals surface area (Å²) in [6.45, 7) is 6.20. The molecule has 4 rings (SSSR count). The summed E-state index contributed by atoms with van der Waals surface area (Å²) in [5.74, 6) is 0.921. The van der Waals surface area contributed by atoms with Crippen LogP contribution in [0, 0.1) is 0 Å². The van der Waals surface area contributed by atoms with Crippen molar-refractivity contribution in [1.82, 2.24) is 9.78 Å². The normalized spacial score (nSPS) is 13.5. The zero-order chi connectivity index (χ0) is 18.3. The van der Waals surface area contributed by atoms with Crippen LogP contribution in [0.3, 0.4) is 0 Å². The van der Waals surface area contributed by atoms with E-state index >= 15 is 0 Å². The van der Waals surface area contributed by atoms with Crippen LogP contribution in [0.5, 0.6) is 11.5 Å². The van der Waals surface area contributed by atoms with Gasteiger partial charge in [-0.25, -0.2) is 0 Å². The van der Waals surface area contributed by atoms with Crippen molar-refractivity contribution >= 4 is 11.6 Å². The SMILES string of the molecule is CC(C)(C)n1cc(NC(=O)C2c3ccccc3Oc3ccccc32)cn1. The standard InChI is InChI=1S/C21H21N3O2/c1-21(2,3)24-13-14(12-22-24)23-20(25)19-15-8-4-6-10-17(15)26-18-11-7-5-9-16(18)19/h4-13,19H,1-3H3,(H,23,25). The summed E-state index contributed by atoms with van der Waals surface area (Å²) in [6, 6.07) is 15.3. The second-order valence-electron chi connectivity index (χ2n) is 7.44. The molecule has 1 aliphatic rings. The fourth-order valence-corrected chi connectivity index (χ4v) is 3.16. The molecule has 2 heterocycles. The fraction of sp³-hybridized carbons (Fsp3) is 0.238. The van der Waals surface area contributed by atoms with Crippen molar-refractivity contribution in [2.24, 2.45) is 0 Å². The van der Waals surface area contributed by atoms with E-state index in [4.69, 9.17) is 4.74 Å². The van der Waals surface area contributed by atoms with Crippen molar-refractivity contribution < 1.29 is 9.53 Å². The highest BCUT2D eigenvalue weighted by Gasteiger charge is 2.32. The average Bonchev–Trinajstić information content (AvgIpc) is 3.08. The molecular formula is C21H21N3O2. The number of carbonyl (C=O) groups excluding carboxylic acids is 1. The molecule has 0 fully saturated rings. The molecule has 0 aliphatic carbocycles. The van der Waals surface area contributed by atoms with Crippen LogP contribution in [0.15, 0.2) is 60.9 Å². The molecule has 26 heavy (non-hydrogen) atoms. The number of aromatic nitrogens is 2. The summed E-state index contributed by atoms with van der Waals surface area (Å²) in [5.41, 5.74) is 2.28. The monoisotopic (exact) mass is 347 g/mol. The largest absolute Gasteiger partial charge is 0.457 e. The molecule has 1 amide bonds. The van der Waals surface area contributed by atoms with Gasteiger partial charge < -0.3 is 10.1 Å². The molecule has 2 aromatic carbocycles. The number of hydrogen-bond acceptors (Lipinski definition) is 3. The number of nitrogens with zero attached hydrogens (tertiary/aromatic N) is 2. The summed E-state index contributed by atoms with van der Waals surface area (Å²) in [7, 11) is 0. The molecular weight excluding hydrogens is 326 g/mol. The maximum atomic E-state index is 13.1. The van der Waals surface area contributed by atoms with Crippen molar-refractivity contribution in [3.05, 3.63) is 72.1 Å². The first-order valence-corrected chi connectivity index (χ1v) is 8.65. The quantitative estimate of drug-likeness (QED) is 0.742. The van der Waals surface area contributed by atoms with Gasteiger partial charge in [-0.2, -0.15) is 5.10 Å². The second-order valence-corrected chi connectivity index (χ2v) is 7.44. The van der Waals surface area contributed by atoms with Crippen molar-refractivity contribution in [3.63, 3.8) is 0 Å². The van der Waals surface area contributed by atoms with E-state index in [-0.39, 0.29) is 11.4 Å². The van der Waals surface area contributed by atoms with E-state index in [9.17, 15) is 4.79 Å². The number of anilines is 1. The van der Waals surface area contributed by atoms with Gasteiger partial charge in [0.05, 0.1) is 23.3 Å². The number of carbonyl (C=O) groups is 1. The lowest BCUT2D eigenvalue weighted by atomic mass is 9.87. The molecule has 5 nitrogen and oxygen atoms in total. The first kappa shape index (κ1) is 16.4. The predicted octanol–water partition coefficient (Wildman–Crippen LogP) is 4.51. The highest BCUT2D eigenvalue weighted by molar-refractivity contribution is 5.99. The van der Waals surface area contributed by atoms with Crippen LogP contribution in [0.4, 0.5) is 5.69 Å². The molecule has 0 bridgehead atoms. The lowest BCUT2D eigenvalue weighted by Gasteiger charge is -2.27. The van der Waals surface area contributed by atoms with Gasteiger partial charge in [0.15, 0.2) is 0 Å². The molecule has 0 spiro atoms. The van der Waals surface area contributed by atoms with Gasteiger partial charge in [0.2, 0.25) is 5.91 Å². The van der Waals surface area contributed by atoms with Crippen molar-refractivity contribution in [2.45, 2.75) is 32.2 Å². The Morgan fingerprint density at radius 3 is 2.15 bits per heavy atom. The molecule has 1 aromatic heterocycles. The predicted molar refractivity (Wildman–Crippen MR) is 101 cm³/mol. The Morgan fingerprint density at radius 2 is 1.62 bits per heavy atom. The first-order valence-electron chi connectivity index (χ1n) is 8.65. The van der Waals surface area contributed by atoms with E-state index in [0.29, 0.717) is 5.69 Å². The summed E-state index contributed by atoms with van der Waals surface area (Å²) >= 11 is 0. The molecule has 0 saturated carbocycles. The number of nitrogens with one attached hydrogen (secondary N) is 1. The Kier molecular flexibility index (Phi) is 3.80. The molecule has 5 heteroatoms. The summed E-state index contributed by atoms with van der Waals surface area (Å²) in [4.78, 5) is 13.1. The number of para-hydroxylation sites is 2. The third-order valence-electron chi connectivity index (χ3n) is 4.48. The topological polar surface area (TPSA) is 56.2 Å². The Labute approximate surface area is 152 Å². The first-order chi connectivity index (χ1) is 12.4. The van der Waals surface area contributed by atoms with Gasteiger partial charge in [0.1, 0.15) is 11.5 Å². The molecule has 3 aromatic rings. The van der Waals surface area contributed by atoms with Crippen LogP contribution < -0.4 is 10.1 Å². The van der Waals surface area contributed by atoms with Gasteiger partial charge in [-0.05, 0) is 32.9 Å². The maximum absolute atomic E-state index is 13.1. The lowest BCUT2D eigenvalue weighted by Crippen LogP contribution is -2.25. The highest BCUT2D eigenvalue weighted by atomic mass is 16.5. The van der Waals surface area contributed by atoms with Gasteiger partial charge in [-0.15, -0.1) is 0 Å². The Balaban J connectivity index is 1.69. The van der Waals surface area contributed by atoms with Crippen LogP contribution in [0.1, 0.15) is 37.8 Å². The van der Waals surface area contributed by atoms with E-state index in [2.05, 4.69) is 31.2 Å². The number of benzene rings is 2. The molecule has 1 aliphatic heterocycles. The average molecular weight is 347 g/mol. The number of fused-ring (bicyclic) bond motifs is 2. The van der Waals surface area contributed by atoms with E-state index in [1.807, 2.05) is 59.4 Å². The van der Waals surface area contributed by atoms with E-state index in [1.165, 1.54) is 0 Å². The van der Waals surface area contributed by atoms with Crippen LogP contribution in [0.25, 0.3) is 0 Å². The number of amides is 1. The van der Waals surface area contributed by atoms with Gasteiger partial charge in [-0.1, -0.05) is 36.4 Å². The zero-order valence-corrected chi connectivity index (χ0v) is 15.1. The van der Waals surface area contributed by atoms with Crippen LogP contribution in [-0.2, 0) is 10.3 Å². The number of hydrogen-bond donors (Lipinski definition) is 1. The van der Waals surface area contributed by atoms with Crippen LogP contribution in [0.2, 0.25) is 0 Å². The second kappa shape index (κ2) is 6.02. The van der Waals surface area contributed by atoms with Crippen LogP contribution >= 0.6 is 0 Å². The van der Waals surface area contributed by atoms with E-state index in [0.717, 1.165) is 22.6 Å². The molecule has 0 saturated heterocycles. The molecule has 132 valence electrons. The van der Waals surface area contributed by atoms with Crippen LogP contribution in [-0.4, -0.2) is 15.7 Å². The Morgan fingerprint density at radius 1 is 1.04 bits per heavy atom. The van der Waals surface area contributed by atoms with E-state index < -0.39 is 5.92 Å². The highest BCUT2D eigenvalue weighted by Crippen LogP contribution is 2.44. The molecule has 0 radical (unpaired) electrons. The number of rotatable bonds is 2. The smallest absolute Gasteiger partial charge is 0.236 e. The third-order valence-corrected chi connectivity index (χ3v) is 4.48. The van der Waals surface area contributed by atoms with Gasteiger partial charge in [0.25, 0.3) is 0 Å². The van der Waals surface area contributed by atoms with Crippen molar-refractivity contribution in [2.75, 3.05) is 5.32 Å². The minimum atomic E-state index is -0.422. The summed E-state index contributed by atoms with van der Waals surface area (Å²) in [6.07, 6.45) is 3.54. The summed E-state index contributed by atoms with van der Waals surface area (Å²) < 4.78 is 7.80. The Bertz CT molecular complexity index is 924. The Hall–Kier alpha value is -3.08. The maximum Gasteiger partial charge on any atom is 0.236 e. The molecule has 0 atom stereocenters. The molecule has 0 unspecified atom stereocenters. The molecule has 1 N–H and O–H groups in total. The van der Waals surface area contributed by atoms with Crippen molar-refractivity contribution in [1.29, 1.82) is 0 Å². The minimum Gasteiger partial charge on any atom is -0.457 e.